The van der Waals surface area contributed by atoms with E-state index < -0.39 is 12.1 Å². The van der Waals surface area contributed by atoms with E-state index in [1.807, 2.05) is 54.4 Å². The fourth-order valence-electron chi connectivity index (χ4n) is 5.94. The van der Waals surface area contributed by atoms with E-state index in [9.17, 15) is 14.4 Å². The number of amides is 3. The number of nitrogens with zero attached hydrogens (tertiary/aromatic N) is 5. The van der Waals surface area contributed by atoms with Crippen LogP contribution in [0.4, 0.5) is 0 Å². The third kappa shape index (κ3) is 6.67. The van der Waals surface area contributed by atoms with Gasteiger partial charge < -0.3 is 25.6 Å². The number of hydrogen-bond acceptors (Lipinski definition) is 7. The highest BCUT2D eigenvalue weighted by Crippen LogP contribution is 2.29. The van der Waals surface area contributed by atoms with Gasteiger partial charge in [-0.15, -0.1) is 5.10 Å². The summed E-state index contributed by atoms with van der Waals surface area (Å²) in [6.45, 7) is 2.27. The molecule has 218 valence electrons. The van der Waals surface area contributed by atoms with E-state index in [2.05, 4.69) is 15.6 Å². The molecule has 0 aliphatic carbocycles. The molecule has 11 heteroatoms. The molecule has 0 radical (unpaired) electrons. The van der Waals surface area contributed by atoms with Crippen LogP contribution in [-0.2, 0) is 34.4 Å². The number of nitrogens with one attached hydrogen (secondary N) is 1. The van der Waals surface area contributed by atoms with Crippen LogP contribution < -0.4 is 15.8 Å². The molecule has 2 fully saturated rings. The topological polar surface area (TPSA) is 136 Å². The zero-order valence-electron chi connectivity index (χ0n) is 23.8. The van der Waals surface area contributed by atoms with Gasteiger partial charge in [0.15, 0.2) is 0 Å². The van der Waals surface area contributed by atoms with Gasteiger partial charge in [0, 0.05) is 39.6 Å². The minimum Gasteiger partial charge on any atom is -0.497 e. The second kappa shape index (κ2) is 12.7. The van der Waals surface area contributed by atoms with Gasteiger partial charge >= 0.3 is 0 Å². The largest absolute Gasteiger partial charge is 0.497 e. The van der Waals surface area contributed by atoms with Gasteiger partial charge in [-0.25, -0.2) is 4.68 Å². The lowest BCUT2D eigenvalue weighted by molar-refractivity contribution is -0.140. The van der Waals surface area contributed by atoms with Crippen LogP contribution in [0.15, 0.2) is 42.5 Å². The number of carbonyl (C=O) groups excluding carboxylic acids is 3. The van der Waals surface area contributed by atoms with Crippen LogP contribution in [0.3, 0.4) is 0 Å². The van der Waals surface area contributed by atoms with Crippen molar-refractivity contribution in [2.24, 2.45) is 18.7 Å². The molecule has 0 saturated carbocycles. The maximum absolute atomic E-state index is 13.6. The van der Waals surface area contributed by atoms with Crippen LogP contribution in [0.5, 0.6) is 5.75 Å². The van der Waals surface area contributed by atoms with Gasteiger partial charge in [0.25, 0.3) is 0 Å². The lowest BCUT2D eigenvalue weighted by Crippen LogP contribution is -2.51. The Labute approximate surface area is 240 Å². The average molecular weight is 562 g/mol. The predicted octanol–water partition coefficient (Wildman–Crippen LogP) is 1.78. The van der Waals surface area contributed by atoms with Crippen LogP contribution in [-0.4, -0.2) is 81.3 Å². The molecule has 1 aromatic heterocycles. The average Bonchev–Trinajstić information content (AvgIpc) is 3.75. The van der Waals surface area contributed by atoms with Gasteiger partial charge in [-0.1, -0.05) is 23.4 Å². The Morgan fingerprint density at radius 3 is 2.71 bits per heavy atom. The number of carbonyl (C=O) groups is 3. The van der Waals surface area contributed by atoms with Crippen LogP contribution >= 0.6 is 0 Å². The Morgan fingerprint density at radius 1 is 1.12 bits per heavy atom. The number of ether oxygens (including phenoxy) is 1. The summed E-state index contributed by atoms with van der Waals surface area (Å²) in [4.78, 5) is 43.1. The molecule has 2 aromatic carbocycles. The molecule has 11 nitrogen and oxygen atoms in total. The monoisotopic (exact) mass is 561 g/mol. The SMILES string of the molecule is COc1cccc(CC2CC(C(=O)NCc3ccc4c(c3)nnn4C)N(C(=O)C(N)CCC(=O)N3CCCC3)C2)c1. The summed E-state index contributed by atoms with van der Waals surface area (Å²) in [7, 11) is 3.46. The molecule has 3 aromatic rings. The van der Waals surface area contributed by atoms with Crippen molar-refractivity contribution in [3.05, 3.63) is 53.6 Å². The fraction of sp³-hybridized carbons (Fsp3) is 0.500. The van der Waals surface area contributed by atoms with Crippen molar-refractivity contribution >= 4 is 28.8 Å². The first-order valence-electron chi connectivity index (χ1n) is 14.3. The summed E-state index contributed by atoms with van der Waals surface area (Å²) in [5.41, 5.74) is 9.98. The van der Waals surface area contributed by atoms with Gasteiger partial charge in [0.05, 0.1) is 18.7 Å². The summed E-state index contributed by atoms with van der Waals surface area (Å²) in [6.07, 6.45) is 3.76. The number of hydrogen-bond donors (Lipinski definition) is 2. The number of aryl methyl sites for hydroxylation is 1. The number of rotatable bonds is 10. The highest BCUT2D eigenvalue weighted by atomic mass is 16.5. The maximum Gasteiger partial charge on any atom is 0.243 e. The van der Waals surface area contributed by atoms with E-state index in [1.165, 1.54) is 0 Å². The Kier molecular flexibility index (Phi) is 8.82. The maximum atomic E-state index is 13.6. The number of methoxy groups -OCH3 is 1. The van der Waals surface area contributed by atoms with E-state index in [1.54, 1.807) is 16.7 Å². The number of aromatic nitrogens is 3. The van der Waals surface area contributed by atoms with Crippen molar-refractivity contribution in [1.82, 2.24) is 30.1 Å². The Bertz CT molecular complexity index is 1400. The lowest BCUT2D eigenvalue weighted by atomic mass is 9.96. The zero-order chi connectivity index (χ0) is 28.9. The second-order valence-electron chi connectivity index (χ2n) is 11.2. The molecule has 2 aliphatic rings. The Hall–Kier alpha value is -3.99. The van der Waals surface area contributed by atoms with Crippen LogP contribution in [0.2, 0.25) is 0 Å². The third-order valence-electron chi connectivity index (χ3n) is 8.22. The quantitative estimate of drug-likeness (QED) is 0.385. The van der Waals surface area contributed by atoms with Gasteiger partial charge in [0.2, 0.25) is 17.7 Å². The smallest absolute Gasteiger partial charge is 0.243 e. The van der Waals surface area contributed by atoms with Crippen LogP contribution in [0.25, 0.3) is 11.0 Å². The molecule has 3 heterocycles. The molecule has 3 amide bonds. The Balaban J connectivity index is 1.26. The first kappa shape index (κ1) is 28.5. The summed E-state index contributed by atoms with van der Waals surface area (Å²) in [5, 5.41) is 11.2. The zero-order valence-corrected chi connectivity index (χ0v) is 23.8. The van der Waals surface area contributed by atoms with Crippen molar-refractivity contribution in [3.8, 4) is 5.75 Å². The molecule has 5 rings (SSSR count). The van der Waals surface area contributed by atoms with E-state index in [-0.39, 0.29) is 36.5 Å². The highest BCUT2D eigenvalue weighted by Gasteiger charge is 2.41. The van der Waals surface area contributed by atoms with Crippen molar-refractivity contribution in [2.45, 2.75) is 57.2 Å². The minimum atomic E-state index is -0.841. The summed E-state index contributed by atoms with van der Waals surface area (Å²) in [6, 6.07) is 12.1. The van der Waals surface area contributed by atoms with Crippen LogP contribution in [0.1, 0.15) is 43.2 Å². The van der Waals surface area contributed by atoms with Gasteiger partial charge in [0.1, 0.15) is 17.3 Å². The molecule has 3 atom stereocenters. The molecule has 0 bridgehead atoms. The molecule has 2 saturated heterocycles. The number of nitrogens with two attached hydrogens (primary N) is 1. The number of fused-ring (bicyclic) bond motifs is 1. The molecular weight excluding hydrogens is 522 g/mol. The van der Waals surface area contributed by atoms with Crippen molar-refractivity contribution in [1.29, 1.82) is 0 Å². The second-order valence-corrected chi connectivity index (χ2v) is 11.2. The summed E-state index contributed by atoms with van der Waals surface area (Å²) in [5.74, 6) is 0.390. The number of benzene rings is 2. The molecular formula is C30H39N7O4. The lowest BCUT2D eigenvalue weighted by Gasteiger charge is -2.27. The molecule has 3 N–H and O–H groups in total. The van der Waals surface area contributed by atoms with Crippen molar-refractivity contribution < 1.29 is 19.1 Å². The molecule has 0 spiro atoms. The van der Waals surface area contributed by atoms with Crippen molar-refractivity contribution in [2.75, 3.05) is 26.7 Å². The summed E-state index contributed by atoms with van der Waals surface area (Å²) >= 11 is 0. The predicted molar refractivity (Wildman–Crippen MR) is 154 cm³/mol. The normalized spacial score (nSPS) is 19.5. The van der Waals surface area contributed by atoms with E-state index in [0.717, 1.165) is 53.8 Å². The fourth-order valence-corrected chi connectivity index (χ4v) is 5.94. The molecule has 3 unspecified atom stereocenters. The Morgan fingerprint density at radius 2 is 1.93 bits per heavy atom. The van der Waals surface area contributed by atoms with Gasteiger partial charge in [-0.3, -0.25) is 14.4 Å². The van der Waals surface area contributed by atoms with Gasteiger partial charge in [-0.05, 0) is 73.4 Å². The number of likely N-dealkylation sites (tertiary alicyclic amines) is 2. The first-order valence-corrected chi connectivity index (χ1v) is 14.3. The van der Waals surface area contributed by atoms with E-state index in [4.69, 9.17) is 10.5 Å². The molecule has 41 heavy (non-hydrogen) atoms. The highest BCUT2D eigenvalue weighted by molar-refractivity contribution is 5.91. The van der Waals surface area contributed by atoms with E-state index in [0.29, 0.717) is 25.9 Å². The molecule has 2 aliphatic heterocycles. The van der Waals surface area contributed by atoms with Gasteiger partial charge in [-0.2, -0.15) is 0 Å². The minimum absolute atomic E-state index is 0.0393. The van der Waals surface area contributed by atoms with E-state index >= 15 is 0 Å². The summed E-state index contributed by atoms with van der Waals surface area (Å²) < 4.78 is 7.07. The van der Waals surface area contributed by atoms with Crippen LogP contribution in [0, 0.1) is 5.92 Å². The van der Waals surface area contributed by atoms with Crippen molar-refractivity contribution in [3.63, 3.8) is 0 Å². The third-order valence-corrected chi connectivity index (χ3v) is 8.22. The first-order chi connectivity index (χ1) is 19.8. The standard InChI is InChI=1S/C30H39N7O4/c1-35-26-10-8-21(16-25(26)33-34-35)18-32-29(39)27-17-22(14-20-6-5-7-23(15-20)41-2)19-37(27)30(40)24(31)9-11-28(38)36-12-3-4-13-36/h5-8,10,15-16,22,24,27H,3-4,9,11-14,17-19,31H2,1-2H3,(H,32,39).